The van der Waals surface area contributed by atoms with Crippen molar-refractivity contribution in [2.24, 2.45) is 34.0 Å². The van der Waals surface area contributed by atoms with E-state index < -0.39 is 12.5 Å². The maximum Gasteiger partial charge on any atom is 0.522 e. The molecule has 190 valence electrons. The van der Waals surface area contributed by atoms with Gasteiger partial charge in [0.05, 0.1) is 18.2 Å². The van der Waals surface area contributed by atoms with Crippen LogP contribution in [0.1, 0.15) is 57.8 Å². The largest absolute Gasteiger partial charge is 0.522 e. The van der Waals surface area contributed by atoms with Gasteiger partial charge in [-0.3, -0.25) is 19.8 Å². The van der Waals surface area contributed by atoms with E-state index in [1.54, 1.807) is 0 Å². The summed E-state index contributed by atoms with van der Waals surface area (Å²) in [6.45, 7) is 2.86. The third kappa shape index (κ3) is 5.33. The highest BCUT2D eigenvalue weighted by Gasteiger charge is 2.45. The summed E-state index contributed by atoms with van der Waals surface area (Å²) in [6.07, 6.45) is 0.570. The number of hydrogen-bond acceptors (Lipinski definition) is 6. The molecule has 5 rings (SSSR count). The third-order valence-electron chi connectivity index (χ3n) is 8.60. The number of halogens is 3. The highest BCUT2D eigenvalue weighted by Crippen LogP contribution is 2.37. The lowest BCUT2D eigenvalue weighted by atomic mass is 9.82. The number of carbonyl (C=O) groups is 2. The van der Waals surface area contributed by atoms with E-state index in [0.29, 0.717) is 57.0 Å². The highest BCUT2D eigenvalue weighted by molar-refractivity contribution is 5.80. The SMILES string of the molecule is O=C(CCC1CCC(OC(F)(F)F)CC1)N1CC2CN(C(=O)C3CCC4N=NNC4C3)CC2C1. The van der Waals surface area contributed by atoms with Crippen LogP contribution in [0.3, 0.4) is 0 Å². The topological polar surface area (TPSA) is 86.6 Å². The van der Waals surface area contributed by atoms with E-state index in [4.69, 9.17) is 0 Å². The molecule has 8 nitrogen and oxygen atoms in total. The van der Waals surface area contributed by atoms with Gasteiger partial charge >= 0.3 is 6.36 Å². The first-order valence-corrected chi connectivity index (χ1v) is 12.7. The summed E-state index contributed by atoms with van der Waals surface area (Å²) in [5.41, 5.74) is 3.03. The molecule has 5 aliphatic rings. The first-order chi connectivity index (χ1) is 16.2. The Balaban J connectivity index is 1.02. The van der Waals surface area contributed by atoms with E-state index in [0.717, 1.165) is 38.8 Å². The number of alkyl halides is 3. The minimum Gasteiger partial charge on any atom is -0.342 e. The second-order valence-electron chi connectivity index (χ2n) is 10.8. The molecule has 5 atom stereocenters. The van der Waals surface area contributed by atoms with Gasteiger partial charge in [-0.2, -0.15) is 5.11 Å². The van der Waals surface area contributed by atoms with E-state index in [1.807, 2.05) is 9.80 Å². The fraction of sp³-hybridized carbons (Fsp3) is 0.913. The van der Waals surface area contributed by atoms with E-state index >= 15 is 0 Å². The predicted octanol–water partition coefficient (Wildman–Crippen LogP) is 3.29. The molecule has 0 aromatic carbocycles. The molecule has 1 N–H and O–H groups in total. The lowest BCUT2D eigenvalue weighted by Gasteiger charge is -2.32. The molecular weight excluding hydrogens is 451 g/mol. The zero-order valence-electron chi connectivity index (χ0n) is 19.4. The maximum absolute atomic E-state index is 13.1. The Hall–Kier alpha value is -1.91. The highest BCUT2D eigenvalue weighted by atomic mass is 19.4. The molecule has 3 aliphatic heterocycles. The van der Waals surface area contributed by atoms with Crippen LogP contribution in [0, 0.1) is 23.7 Å². The van der Waals surface area contributed by atoms with Crippen LogP contribution in [0.4, 0.5) is 13.2 Å². The summed E-state index contributed by atoms with van der Waals surface area (Å²) >= 11 is 0. The van der Waals surface area contributed by atoms with Crippen LogP contribution < -0.4 is 5.43 Å². The van der Waals surface area contributed by atoms with Crippen LogP contribution in [0.5, 0.6) is 0 Å². The minimum absolute atomic E-state index is 0.0328. The monoisotopic (exact) mass is 485 g/mol. The molecule has 0 spiro atoms. The van der Waals surface area contributed by atoms with Crippen LogP contribution in [-0.2, 0) is 14.3 Å². The number of amides is 2. The first-order valence-electron chi connectivity index (χ1n) is 12.7. The molecule has 2 saturated carbocycles. The molecule has 11 heteroatoms. The van der Waals surface area contributed by atoms with Gasteiger partial charge in [-0.25, -0.2) is 0 Å². The number of likely N-dealkylation sites (tertiary alicyclic amines) is 2. The smallest absolute Gasteiger partial charge is 0.342 e. The summed E-state index contributed by atoms with van der Waals surface area (Å²) in [6, 6.07) is 0.398. The van der Waals surface area contributed by atoms with Gasteiger partial charge in [0.25, 0.3) is 0 Å². The van der Waals surface area contributed by atoms with Gasteiger partial charge in [0.15, 0.2) is 0 Å². The number of fused-ring (bicyclic) bond motifs is 2. The number of rotatable bonds is 5. The van der Waals surface area contributed by atoms with Crippen molar-refractivity contribution < 1.29 is 27.5 Å². The second kappa shape index (κ2) is 9.62. The number of ether oxygens (including phenoxy) is 1. The van der Waals surface area contributed by atoms with E-state index in [-0.39, 0.29) is 35.7 Å². The molecule has 34 heavy (non-hydrogen) atoms. The Morgan fingerprint density at radius 3 is 2.29 bits per heavy atom. The maximum atomic E-state index is 13.1. The molecule has 0 radical (unpaired) electrons. The summed E-state index contributed by atoms with van der Waals surface area (Å²) in [5.74, 6) is 1.38. The normalized spacial score (nSPS) is 37.4. The van der Waals surface area contributed by atoms with Crippen molar-refractivity contribution in [3.63, 3.8) is 0 Å². The molecule has 3 heterocycles. The molecule has 2 amide bonds. The summed E-state index contributed by atoms with van der Waals surface area (Å²) < 4.78 is 41.2. The van der Waals surface area contributed by atoms with Crippen LogP contribution in [-0.4, -0.2) is 72.3 Å². The number of nitrogens with zero attached hydrogens (tertiary/aromatic N) is 4. The van der Waals surface area contributed by atoms with Gasteiger partial charge in [0, 0.05) is 50.4 Å². The predicted molar refractivity (Wildman–Crippen MR) is 115 cm³/mol. The summed E-state index contributed by atoms with van der Waals surface area (Å²) in [4.78, 5) is 29.8. The fourth-order valence-electron chi connectivity index (χ4n) is 6.69. The van der Waals surface area contributed by atoms with Crippen molar-refractivity contribution in [2.75, 3.05) is 26.2 Å². The van der Waals surface area contributed by atoms with Gasteiger partial charge in [-0.1, -0.05) is 5.22 Å². The standard InChI is InChI=1S/C23H34F3N5O3/c24-23(25,26)34-18-5-1-14(2-6-18)3-8-21(32)30-10-16-12-31(13-17(16)11-30)22(33)15-4-7-19-20(9-15)28-29-27-19/h14-20H,1-13H2,(H,27,28). The molecule has 2 saturated heterocycles. The van der Waals surface area contributed by atoms with Crippen LogP contribution in [0.15, 0.2) is 10.3 Å². The van der Waals surface area contributed by atoms with Gasteiger partial charge in [0.1, 0.15) is 0 Å². The van der Waals surface area contributed by atoms with Crippen LogP contribution in [0.25, 0.3) is 0 Å². The van der Waals surface area contributed by atoms with Crippen molar-refractivity contribution in [3.8, 4) is 0 Å². The van der Waals surface area contributed by atoms with Crippen LogP contribution in [0.2, 0.25) is 0 Å². The quantitative estimate of drug-likeness (QED) is 0.648. The molecule has 2 aliphatic carbocycles. The van der Waals surface area contributed by atoms with Crippen molar-refractivity contribution in [3.05, 3.63) is 0 Å². The number of nitrogens with one attached hydrogen (secondary N) is 1. The van der Waals surface area contributed by atoms with E-state index in [1.165, 1.54) is 0 Å². The van der Waals surface area contributed by atoms with Gasteiger partial charge in [0.2, 0.25) is 11.8 Å². The Kier molecular flexibility index (Phi) is 6.74. The molecule has 5 unspecified atom stereocenters. The van der Waals surface area contributed by atoms with Gasteiger partial charge in [-0.15, -0.1) is 13.2 Å². The summed E-state index contributed by atoms with van der Waals surface area (Å²) in [7, 11) is 0. The Morgan fingerprint density at radius 1 is 0.941 bits per heavy atom. The molecular formula is C23H34F3N5O3. The van der Waals surface area contributed by atoms with Gasteiger partial charge in [-0.05, 0) is 57.3 Å². The second-order valence-corrected chi connectivity index (χ2v) is 10.8. The van der Waals surface area contributed by atoms with Crippen molar-refractivity contribution in [1.29, 1.82) is 0 Å². The summed E-state index contributed by atoms with van der Waals surface area (Å²) in [5, 5.41) is 8.10. The molecule has 4 fully saturated rings. The van der Waals surface area contributed by atoms with E-state index in [9.17, 15) is 22.8 Å². The van der Waals surface area contributed by atoms with Crippen molar-refractivity contribution in [2.45, 2.75) is 82.3 Å². The average Bonchev–Trinajstić information content (AvgIpc) is 3.51. The Labute approximate surface area is 197 Å². The van der Waals surface area contributed by atoms with Crippen molar-refractivity contribution >= 4 is 11.8 Å². The lowest BCUT2D eigenvalue weighted by molar-refractivity contribution is -0.345. The Morgan fingerprint density at radius 2 is 1.62 bits per heavy atom. The lowest BCUT2D eigenvalue weighted by Crippen LogP contribution is -2.44. The third-order valence-corrected chi connectivity index (χ3v) is 8.60. The fourth-order valence-corrected chi connectivity index (χ4v) is 6.69. The minimum atomic E-state index is -4.57. The first kappa shape index (κ1) is 23.8. The molecule has 0 bridgehead atoms. The number of carbonyl (C=O) groups excluding carboxylic acids is 2. The van der Waals surface area contributed by atoms with Crippen molar-refractivity contribution in [1.82, 2.24) is 15.2 Å². The molecule has 0 aromatic rings. The zero-order chi connectivity index (χ0) is 23.9. The van der Waals surface area contributed by atoms with E-state index in [2.05, 4.69) is 20.5 Å². The average molecular weight is 486 g/mol. The Bertz CT molecular complexity index is 787. The molecule has 0 aromatic heterocycles. The zero-order valence-corrected chi connectivity index (χ0v) is 19.4. The van der Waals surface area contributed by atoms with Gasteiger partial charge < -0.3 is 9.80 Å². The van der Waals surface area contributed by atoms with Crippen LogP contribution >= 0.6 is 0 Å². The number of hydrogen-bond donors (Lipinski definition) is 1.